The van der Waals surface area contributed by atoms with Crippen molar-refractivity contribution < 1.29 is 4.74 Å². The summed E-state index contributed by atoms with van der Waals surface area (Å²) in [6.07, 6.45) is 6.07. The molecule has 0 unspecified atom stereocenters. The molecule has 0 N–H and O–H groups in total. The number of hydrogen-bond acceptors (Lipinski definition) is 7. The van der Waals surface area contributed by atoms with E-state index in [1.54, 1.807) is 0 Å². The SMILES string of the molecule is CN1C=CN(c2cccc(Oc3cc4c(cc3-c3nc(-c5ccc(C(C)(C)C)cc5)nc(-c5ccc(C(C)(C)C)cc5)n3)c3ccccc3n4-c3cc(C(C)(C)C)ccn3)c2)C1. The molecular weight excluding hydrogens is 763 g/mol. The monoisotopic (exact) mass is 817 g/mol. The average Bonchev–Trinajstić information content (AvgIpc) is 3.83. The molecule has 0 fully saturated rings. The van der Waals surface area contributed by atoms with E-state index in [2.05, 4.69) is 205 Å². The van der Waals surface area contributed by atoms with Crippen molar-refractivity contribution in [1.29, 1.82) is 0 Å². The molecule has 3 aromatic heterocycles. The lowest BCUT2D eigenvalue weighted by Crippen LogP contribution is -2.21. The van der Waals surface area contributed by atoms with Crippen molar-refractivity contribution in [3.8, 4) is 51.5 Å². The number of anilines is 1. The van der Waals surface area contributed by atoms with E-state index in [0.29, 0.717) is 29.0 Å². The number of hydrogen-bond donors (Lipinski definition) is 0. The van der Waals surface area contributed by atoms with Gasteiger partial charge < -0.3 is 14.5 Å². The van der Waals surface area contributed by atoms with Crippen molar-refractivity contribution in [2.24, 2.45) is 0 Å². The third-order valence-corrected chi connectivity index (χ3v) is 11.8. The summed E-state index contributed by atoms with van der Waals surface area (Å²) in [5, 5.41) is 2.13. The lowest BCUT2D eigenvalue weighted by Gasteiger charge is -2.20. The standard InChI is InChI=1S/C54H55N7O/c1-52(2,3)37-22-18-35(19-23-37)49-56-50(36-20-24-38(25-21-36)53(4,5)6)58-51(57-49)44-32-43-42-16-11-12-17-45(42)61(48-30-39(26-27-55-48)54(7,8)9)46(43)33-47(44)62-41-15-13-14-40(31-41)60-29-28-59(10)34-60/h11-33H,34H2,1-10H3. The summed E-state index contributed by atoms with van der Waals surface area (Å²) < 4.78 is 9.31. The second-order valence-electron chi connectivity index (χ2n) is 19.6. The fourth-order valence-electron chi connectivity index (χ4n) is 8.05. The normalized spacial score (nSPS) is 13.5. The fraction of sp³-hybridized carbons (Fsp3) is 0.259. The van der Waals surface area contributed by atoms with Crippen LogP contribution in [0, 0.1) is 0 Å². The summed E-state index contributed by atoms with van der Waals surface area (Å²) in [7, 11) is 2.07. The minimum absolute atomic E-state index is 0.00541. The Labute approximate surface area is 365 Å². The highest BCUT2D eigenvalue weighted by molar-refractivity contribution is 6.11. The smallest absolute Gasteiger partial charge is 0.167 e. The maximum atomic E-state index is 7.06. The zero-order valence-corrected chi connectivity index (χ0v) is 37.5. The molecule has 8 heteroatoms. The van der Waals surface area contributed by atoms with Crippen molar-refractivity contribution in [1.82, 2.24) is 29.4 Å². The first-order valence-electron chi connectivity index (χ1n) is 21.5. The van der Waals surface area contributed by atoms with Crippen LogP contribution in [0.5, 0.6) is 11.5 Å². The summed E-state index contributed by atoms with van der Waals surface area (Å²) in [6, 6.07) is 42.5. The molecule has 312 valence electrons. The number of nitrogens with zero attached hydrogens (tertiary/aromatic N) is 7. The summed E-state index contributed by atoms with van der Waals surface area (Å²) in [6.45, 7) is 20.8. The predicted octanol–water partition coefficient (Wildman–Crippen LogP) is 13.2. The first kappa shape index (κ1) is 40.6. The molecule has 1 aliphatic rings. The summed E-state index contributed by atoms with van der Waals surface area (Å²) >= 11 is 0. The first-order chi connectivity index (χ1) is 29.5. The molecule has 0 spiro atoms. The van der Waals surface area contributed by atoms with Gasteiger partial charge >= 0.3 is 0 Å². The van der Waals surface area contributed by atoms with E-state index < -0.39 is 0 Å². The number of benzene rings is 5. The van der Waals surface area contributed by atoms with Gasteiger partial charge in [0, 0.05) is 65.4 Å². The molecule has 62 heavy (non-hydrogen) atoms. The zero-order chi connectivity index (χ0) is 43.6. The Morgan fingerprint density at radius 2 is 1.15 bits per heavy atom. The van der Waals surface area contributed by atoms with Gasteiger partial charge in [0.15, 0.2) is 17.5 Å². The topological polar surface area (TPSA) is 72.2 Å². The molecule has 0 saturated carbocycles. The van der Waals surface area contributed by atoms with Crippen LogP contribution in [0.2, 0.25) is 0 Å². The Balaban J connectivity index is 1.29. The van der Waals surface area contributed by atoms with E-state index in [9.17, 15) is 0 Å². The molecular formula is C54H55N7O. The van der Waals surface area contributed by atoms with Crippen LogP contribution in [0.1, 0.15) is 79.0 Å². The van der Waals surface area contributed by atoms with Gasteiger partial charge in [-0.15, -0.1) is 0 Å². The van der Waals surface area contributed by atoms with Crippen LogP contribution in [0.15, 0.2) is 140 Å². The van der Waals surface area contributed by atoms with Gasteiger partial charge in [0.05, 0.1) is 23.3 Å². The fourth-order valence-corrected chi connectivity index (χ4v) is 8.05. The van der Waals surface area contributed by atoms with Crippen LogP contribution >= 0.6 is 0 Å². The van der Waals surface area contributed by atoms with Crippen molar-refractivity contribution in [3.63, 3.8) is 0 Å². The molecule has 5 aromatic carbocycles. The van der Waals surface area contributed by atoms with E-state index in [-0.39, 0.29) is 16.2 Å². The molecule has 0 atom stereocenters. The van der Waals surface area contributed by atoms with E-state index in [1.807, 2.05) is 18.3 Å². The molecule has 0 radical (unpaired) electrons. The lowest BCUT2D eigenvalue weighted by molar-refractivity contribution is 0.482. The highest BCUT2D eigenvalue weighted by Crippen LogP contribution is 2.42. The minimum atomic E-state index is -0.0591. The van der Waals surface area contributed by atoms with E-state index in [4.69, 9.17) is 24.7 Å². The number of fused-ring (bicyclic) bond motifs is 3. The second-order valence-corrected chi connectivity index (χ2v) is 19.6. The molecule has 0 bridgehead atoms. The van der Waals surface area contributed by atoms with Gasteiger partial charge in [0.25, 0.3) is 0 Å². The zero-order valence-electron chi connectivity index (χ0n) is 37.5. The molecule has 8 aromatic rings. The number of aromatic nitrogens is 5. The Kier molecular flexibility index (Phi) is 10.0. The molecule has 8 nitrogen and oxygen atoms in total. The number of ether oxygens (including phenoxy) is 1. The average molecular weight is 818 g/mol. The van der Waals surface area contributed by atoms with Gasteiger partial charge in [-0.2, -0.15) is 0 Å². The Hall–Kier alpha value is -6.80. The third-order valence-electron chi connectivity index (χ3n) is 11.8. The Morgan fingerprint density at radius 3 is 1.74 bits per heavy atom. The number of para-hydroxylation sites is 1. The van der Waals surface area contributed by atoms with Crippen LogP contribution in [0.25, 0.3) is 61.8 Å². The summed E-state index contributed by atoms with van der Waals surface area (Å²) in [5.74, 6) is 3.87. The molecule has 1 aliphatic heterocycles. The maximum absolute atomic E-state index is 7.06. The number of pyridine rings is 1. The highest BCUT2D eigenvalue weighted by atomic mass is 16.5. The quantitative estimate of drug-likeness (QED) is 0.159. The van der Waals surface area contributed by atoms with Gasteiger partial charge in [-0.3, -0.25) is 4.57 Å². The Bertz CT molecular complexity index is 2900. The van der Waals surface area contributed by atoms with Crippen molar-refractivity contribution in [3.05, 3.63) is 157 Å². The molecule has 0 saturated heterocycles. The number of rotatable bonds is 7. The molecule has 0 amide bonds. The maximum Gasteiger partial charge on any atom is 0.167 e. The van der Waals surface area contributed by atoms with Gasteiger partial charge in [0.2, 0.25) is 0 Å². The van der Waals surface area contributed by atoms with E-state index >= 15 is 0 Å². The first-order valence-corrected chi connectivity index (χ1v) is 21.5. The predicted molar refractivity (Wildman–Crippen MR) is 255 cm³/mol. The van der Waals surface area contributed by atoms with E-state index in [0.717, 1.165) is 56.7 Å². The van der Waals surface area contributed by atoms with Crippen LogP contribution in [0.4, 0.5) is 5.69 Å². The van der Waals surface area contributed by atoms with Crippen LogP contribution < -0.4 is 9.64 Å². The molecule has 9 rings (SSSR count). The third kappa shape index (κ3) is 7.93. The van der Waals surface area contributed by atoms with Gasteiger partial charge in [0.1, 0.15) is 17.3 Å². The van der Waals surface area contributed by atoms with Crippen LogP contribution in [0.3, 0.4) is 0 Å². The van der Waals surface area contributed by atoms with Crippen LogP contribution in [-0.2, 0) is 16.2 Å². The van der Waals surface area contributed by atoms with Crippen LogP contribution in [-0.4, -0.2) is 43.1 Å². The Morgan fingerprint density at radius 1 is 0.532 bits per heavy atom. The summed E-state index contributed by atoms with van der Waals surface area (Å²) in [4.78, 5) is 25.0. The van der Waals surface area contributed by atoms with Gasteiger partial charge in [-0.1, -0.05) is 135 Å². The molecule has 0 aliphatic carbocycles. The minimum Gasteiger partial charge on any atom is -0.456 e. The van der Waals surface area contributed by atoms with Gasteiger partial charge in [-0.05, 0) is 69.3 Å². The molecule has 4 heterocycles. The van der Waals surface area contributed by atoms with Crippen molar-refractivity contribution >= 4 is 27.5 Å². The van der Waals surface area contributed by atoms with E-state index in [1.165, 1.54) is 16.7 Å². The van der Waals surface area contributed by atoms with Crippen molar-refractivity contribution in [2.45, 2.75) is 78.6 Å². The second kappa shape index (κ2) is 15.3. The van der Waals surface area contributed by atoms with Gasteiger partial charge in [-0.25, -0.2) is 19.9 Å². The summed E-state index contributed by atoms with van der Waals surface area (Å²) in [5.41, 5.74) is 9.27. The highest BCUT2D eigenvalue weighted by Gasteiger charge is 2.24. The largest absolute Gasteiger partial charge is 0.456 e. The van der Waals surface area contributed by atoms with Crippen molar-refractivity contribution in [2.75, 3.05) is 18.6 Å². The lowest BCUT2D eigenvalue weighted by atomic mass is 9.86.